The van der Waals surface area contributed by atoms with E-state index in [4.69, 9.17) is 5.73 Å². The van der Waals surface area contributed by atoms with E-state index in [0.717, 1.165) is 35.7 Å². The number of carbonyl (C=O) groups is 1. The van der Waals surface area contributed by atoms with Crippen LogP contribution < -0.4 is 16.4 Å². The molecular formula is C23H20F2N8O. The number of nitrogens with two attached hydrogens (primary N) is 1. The molecule has 1 saturated heterocycles. The van der Waals surface area contributed by atoms with Gasteiger partial charge in [0.1, 0.15) is 11.5 Å². The van der Waals surface area contributed by atoms with Crippen molar-refractivity contribution < 1.29 is 13.6 Å². The highest BCUT2D eigenvalue weighted by atomic mass is 19.2. The number of nitrogens with one attached hydrogen (secondary N) is 2. The minimum Gasteiger partial charge on any atom is -0.383 e. The molecule has 0 bridgehead atoms. The SMILES string of the molecule is Nc1ncc(-c2ccc(NC(=O)C3CCCN3)cc2)cc1-c1nnnn1-c1cccc(F)c1F. The predicted octanol–water partition coefficient (Wildman–Crippen LogP) is 2.94. The van der Waals surface area contributed by atoms with Gasteiger partial charge in [0, 0.05) is 17.4 Å². The van der Waals surface area contributed by atoms with E-state index in [2.05, 4.69) is 31.1 Å². The lowest BCUT2D eigenvalue weighted by atomic mass is 10.0. The molecule has 1 aliphatic rings. The highest BCUT2D eigenvalue weighted by Crippen LogP contribution is 2.30. The molecule has 4 N–H and O–H groups in total. The Kier molecular flexibility index (Phi) is 5.68. The molecule has 1 atom stereocenters. The Morgan fingerprint density at radius 2 is 1.97 bits per heavy atom. The Bertz CT molecular complexity index is 1350. The van der Waals surface area contributed by atoms with E-state index in [9.17, 15) is 13.6 Å². The number of nitrogen functional groups attached to an aromatic ring is 1. The standard InChI is InChI=1S/C23H20F2N8O/c24-17-3-1-5-19(20(17)25)33-22(30-31-32-33)16-11-14(12-28-21(16)26)13-6-8-15(9-7-13)29-23(34)18-4-2-10-27-18/h1,3,5-9,11-12,18,27H,2,4,10H2,(H2,26,28)(H,29,34). The summed E-state index contributed by atoms with van der Waals surface area (Å²) >= 11 is 0. The molecule has 0 radical (unpaired) electrons. The first-order valence-corrected chi connectivity index (χ1v) is 10.6. The van der Waals surface area contributed by atoms with Gasteiger partial charge in [-0.2, -0.15) is 4.68 Å². The van der Waals surface area contributed by atoms with E-state index in [1.165, 1.54) is 12.1 Å². The van der Waals surface area contributed by atoms with Crippen molar-refractivity contribution in [3.8, 4) is 28.2 Å². The van der Waals surface area contributed by atoms with Gasteiger partial charge in [-0.15, -0.1) is 5.10 Å². The number of benzene rings is 2. The van der Waals surface area contributed by atoms with Crippen molar-refractivity contribution in [3.63, 3.8) is 0 Å². The van der Waals surface area contributed by atoms with Gasteiger partial charge in [-0.05, 0) is 65.7 Å². The number of hydrogen-bond acceptors (Lipinski definition) is 7. The number of anilines is 2. The van der Waals surface area contributed by atoms with Crippen LogP contribution in [0.3, 0.4) is 0 Å². The number of pyridine rings is 1. The van der Waals surface area contributed by atoms with Crippen molar-refractivity contribution in [3.05, 3.63) is 66.4 Å². The summed E-state index contributed by atoms with van der Waals surface area (Å²) in [6.07, 6.45) is 3.40. The third-order valence-corrected chi connectivity index (χ3v) is 5.65. The van der Waals surface area contributed by atoms with Gasteiger partial charge in [-0.1, -0.05) is 18.2 Å². The molecule has 4 aromatic rings. The zero-order valence-corrected chi connectivity index (χ0v) is 17.9. The van der Waals surface area contributed by atoms with Crippen LogP contribution in [-0.4, -0.2) is 43.7 Å². The first-order valence-electron chi connectivity index (χ1n) is 10.6. The Balaban J connectivity index is 1.44. The van der Waals surface area contributed by atoms with Crippen LogP contribution in [0.5, 0.6) is 0 Å². The molecule has 34 heavy (non-hydrogen) atoms. The average molecular weight is 462 g/mol. The summed E-state index contributed by atoms with van der Waals surface area (Å²) in [6.45, 7) is 0.846. The quantitative estimate of drug-likeness (QED) is 0.417. The maximum absolute atomic E-state index is 14.4. The molecule has 5 rings (SSSR count). The zero-order chi connectivity index (χ0) is 23.7. The van der Waals surface area contributed by atoms with Crippen LogP contribution in [0.2, 0.25) is 0 Å². The van der Waals surface area contributed by atoms with E-state index >= 15 is 0 Å². The normalized spacial score (nSPS) is 15.4. The van der Waals surface area contributed by atoms with E-state index < -0.39 is 11.6 Å². The highest BCUT2D eigenvalue weighted by Gasteiger charge is 2.22. The maximum Gasteiger partial charge on any atom is 0.241 e. The summed E-state index contributed by atoms with van der Waals surface area (Å²) in [5.74, 6) is -1.91. The van der Waals surface area contributed by atoms with Crippen LogP contribution in [0.15, 0.2) is 54.7 Å². The van der Waals surface area contributed by atoms with Gasteiger partial charge in [-0.25, -0.2) is 13.8 Å². The summed E-state index contributed by atoms with van der Waals surface area (Å²) in [5, 5.41) is 17.4. The van der Waals surface area contributed by atoms with Crippen LogP contribution in [0, 0.1) is 11.6 Å². The molecular weight excluding hydrogens is 442 g/mol. The van der Waals surface area contributed by atoms with Crippen LogP contribution in [0.1, 0.15) is 12.8 Å². The Morgan fingerprint density at radius 3 is 2.74 bits per heavy atom. The number of carbonyl (C=O) groups excluding carboxylic acids is 1. The first-order chi connectivity index (χ1) is 16.5. The molecule has 0 saturated carbocycles. The highest BCUT2D eigenvalue weighted by molar-refractivity contribution is 5.95. The van der Waals surface area contributed by atoms with Crippen molar-refractivity contribution in [2.45, 2.75) is 18.9 Å². The molecule has 2 aromatic carbocycles. The number of rotatable bonds is 5. The minimum atomic E-state index is -1.08. The zero-order valence-electron chi connectivity index (χ0n) is 17.9. The summed E-state index contributed by atoms with van der Waals surface area (Å²) in [4.78, 5) is 16.5. The van der Waals surface area contributed by atoms with Gasteiger partial charge in [-0.3, -0.25) is 4.79 Å². The molecule has 1 aliphatic heterocycles. The van der Waals surface area contributed by atoms with Gasteiger partial charge in [0.05, 0.1) is 11.6 Å². The number of nitrogens with zero attached hydrogens (tertiary/aromatic N) is 5. The van der Waals surface area contributed by atoms with E-state index in [0.29, 0.717) is 16.8 Å². The largest absolute Gasteiger partial charge is 0.383 e. The molecule has 9 nitrogen and oxygen atoms in total. The minimum absolute atomic E-state index is 0.0573. The summed E-state index contributed by atoms with van der Waals surface area (Å²) in [5.41, 5.74) is 8.46. The third-order valence-electron chi connectivity index (χ3n) is 5.65. The van der Waals surface area contributed by atoms with E-state index in [1.54, 1.807) is 24.4 Å². The van der Waals surface area contributed by atoms with Gasteiger partial charge in [0.15, 0.2) is 17.5 Å². The van der Waals surface area contributed by atoms with Crippen molar-refractivity contribution in [1.29, 1.82) is 0 Å². The Labute approximate surface area is 193 Å². The summed E-state index contributed by atoms with van der Waals surface area (Å²) in [7, 11) is 0. The average Bonchev–Trinajstić information content (AvgIpc) is 3.54. The number of halogens is 2. The van der Waals surface area contributed by atoms with Crippen LogP contribution >= 0.6 is 0 Å². The van der Waals surface area contributed by atoms with E-state index in [1.807, 2.05) is 12.1 Å². The predicted molar refractivity (Wildman–Crippen MR) is 122 cm³/mol. The molecule has 1 amide bonds. The van der Waals surface area contributed by atoms with Gasteiger partial charge < -0.3 is 16.4 Å². The lowest BCUT2D eigenvalue weighted by Gasteiger charge is -2.12. The molecule has 0 spiro atoms. The van der Waals surface area contributed by atoms with Crippen LogP contribution in [-0.2, 0) is 4.79 Å². The smallest absolute Gasteiger partial charge is 0.241 e. The number of tetrazole rings is 1. The Morgan fingerprint density at radius 1 is 1.15 bits per heavy atom. The first kappa shape index (κ1) is 21.6. The van der Waals surface area contributed by atoms with Crippen LogP contribution in [0.4, 0.5) is 20.3 Å². The number of aromatic nitrogens is 5. The maximum atomic E-state index is 14.4. The lowest BCUT2D eigenvalue weighted by Crippen LogP contribution is -2.35. The number of amides is 1. The van der Waals surface area contributed by atoms with E-state index in [-0.39, 0.29) is 29.3 Å². The fraction of sp³-hybridized carbons (Fsp3) is 0.174. The third kappa shape index (κ3) is 4.08. The van der Waals surface area contributed by atoms with Crippen molar-refractivity contribution in [2.75, 3.05) is 17.6 Å². The fourth-order valence-electron chi connectivity index (χ4n) is 3.87. The topological polar surface area (TPSA) is 124 Å². The summed E-state index contributed by atoms with van der Waals surface area (Å²) in [6, 6.07) is 12.5. The molecule has 2 aromatic heterocycles. The van der Waals surface area contributed by atoms with Gasteiger partial charge in [0.25, 0.3) is 0 Å². The van der Waals surface area contributed by atoms with Gasteiger partial charge >= 0.3 is 0 Å². The molecule has 11 heteroatoms. The van der Waals surface area contributed by atoms with Crippen LogP contribution in [0.25, 0.3) is 28.2 Å². The second-order valence-corrected chi connectivity index (χ2v) is 7.86. The second kappa shape index (κ2) is 8.94. The molecule has 0 aliphatic carbocycles. The van der Waals surface area contributed by atoms with Crippen molar-refractivity contribution >= 4 is 17.4 Å². The lowest BCUT2D eigenvalue weighted by molar-refractivity contribution is -0.117. The molecule has 3 heterocycles. The molecule has 1 fully saturated rings. The number of hydrogen-bond donors (Lipinski definition) is 3. The molecule has 172 valence electrons. The monoisotopic (exact) mass is 462 g/mol. The summed E-state index contributed by atoms with van der Waals surface area (Å²) < 4.78 is 29.2. The second-order valence-electron chi connectivity index (χ2n) is 7.86. The fourth-order valence-corrected chi connectivity index (χ4v) is 3.87. The van der Waals surface area contributed by atoms with Gasteiger partial charge in [0.2, 0.25) is 5.91 Å². The van der Waals surface area contributed by atoms with Crippen molar-refractivity contribution in [2.24, 2.45) is 0 Å². The van der Waals surface area contributed by atoms with Crippen molar-refractivity contribution in [1.82, 2.24) is 30.5 Å². The Hall–Kier alpha value is -4.25. The molecule has 1 unspecified atom stereocenters.